The van der Waals surface area contributed by atoms with Crippen molar-refractivity contribution < 1.29 is 19.5 Å². The van der Waals surface area contributed by atoms with Gasteiger partial charge >= 0.3 is 5.97 Å². The molecule has 22 heavy (non-hydrogen) atoms. The molecule has 0 aromatic heterocycles. The lowest BCUT2D eigenvalue weighted by atomic mass is 10.1. The van der Waals surface area contributed by atoms with Crippen LogP contribution in [-0.2, 0) is 14.4 Å². The van der Waals surface area contributed by atoms with Crippen LogP contribution in [0.1, 0.15) is 32.6 Å². The van der Waals surface area contributed by atoms with Crippen molar-refractivity contribution >= 4 is 17.8 Å². The van der Waals surface area contributed by atoms with Crippen LogP contribution < -0.4 is 22.2 Å². The van der Waals surface area contributed by atoms with Gasteiger partial charge in [-0.05, 0) is 19.4 Å². The number of rotatable bonds is 11. The number of nitrogens with two attached hydrogens (primary N) is 2. The van der Waals surface area contributed by atoms with Gasteiger partial charge in [0.25, 0.3) is 0 Å². The van der Waals surface area contributed by atoms with Crippen molar-refractivity contribution in [2.24, 2.45) is 11.5 Å². The third-order valence-corrected chi connectivity index (χ3v) is 2.92. The number of hydrogen-bond acceptors (Lipinski definition) is 6. The molecule has 0 saturated heterocycles. The van der Waals surface area contributed by atoms with Crippen LogP contribution in [0.4, 0.5) is 0 Å². The maximum atomic E-state index is 11.9. The Balaban J connectivity index is 4.41. The Morgan fingerprint density at radius 2 is 1.91 bits per heavy atom. The number of aliphatic carboxylic acids is 1. The molecule has 2 atom stereocenters. The van der Waals surface area contributed by atoms with Crippen LogP contribution in [0.25, 0.3) is 0 Å². The molecule has 0 bridgehead atoms. The summed E-state index contributed by atoms with van der Waals surface area (Å²) in [6, 6.07) is -1.04. The van der Waals surface area contributed by atoms with E-state index in [1.165, 1.54) is 7.05 Å². The second kappa shape index (κ2) is 10.9. The summed E-state index contributed by atoms with van der Waals surface area (Å²) in [7, 11) is 1.44. The predicted octanol–water partition coefficient (Wildman–Crippen LogP) is -1.61. The zero-order chi connectivity index (χ0) is 17.1. The van der Waals surface area contributed by atoms with Crippen molar-refractivity contribution in [2.75, 3.05) is 20.1 Å². The van der Waals surface area contributed by atoms with Crippen molar-refractivity contribution in [3.8, 4) is 0 Å². The molecular formula is C13H27N5O4. The van der Waals surface area contributed by atoms with Gasteiger partial charge in [-0.2, -0.15) is 0 Å². The molecule has 0 fully saturated rings. The van der Waals surface area contributed by atoms with E-state index in [1.807, 2.05) is 6.92 Å². The van der Waals surface area contributed by atoms with E-state index in [0.29, 0.717) is 19.4 Å². The molecule has 0 heterocycles. The number of amides is 2. The normalized spacial score (nSPS) is 13.5. The van der Waals surface area contributed by atoms with Crippen LogP contribution >= 0.6 is 0 Å². The molecule has 9 heteroatoms. The molecule has 0 radical (unpaired) electrons. The van der Waals surface area contributed by atoms with E-state index in [4.69, 9.17) is 16.6 Å². The third kappa shape index (κ3) is 9.27. The van der Waals surface area contributed by atoms with Gasteiger partial charge in [0, 0.05) is 19.5 Å². The molecule has 0 aromatic carbocycles. The van der Waals surface area contributed by atoms with Crippen molar-refractivity contribution in [3.05, 3.63) is 0 Å². The van der Waals surface area contributed by atoms with Crippen molar-refractivity contribution in [3.63, 3.8) is 0 Å². The van der Waals surface area contributed by atoms with Crippen LogP contribution in [0.15, 0.2) is 0 Å². The van der Waals surface area contributed by atoms with E-state index in [0.717, 1.165) is 11.4 Å². The number of hydrogen-bond donors (Lipinski definition) is 5. The fourth-order valence-electron chi connectivity index (χ4n) is 1.90. The van der Waals surface area contributed by atoms with E-state index in [-0.39, 0.29) is 18.9 Å². The first-order chi connectivity index (χ1) is 10.3. The molecule has 0 rings (SSSR count). The van der Waals surface area contributed by atoms with Crippen molar-refractivity contribution in [1.29, 1.82) is 0 Å². The second-order valence-electron chi connectivity index (χ2n) is 5.17. The average Bonchev–Trinajstić information content (AvgIpc) is 2.37. The predicted molar refractivity (Wildman–Crippen MR) is 81.5 cm³/mol. The fourth-order valence-corrected chi connectivity index (χ4v) is 1.90. The van der Waals surface area contributed by atoms with Gasteiger partial charge in [0.05, 0.1) is 6.04 Å². The summed E-state index contributed by atoms with van der Waals surface area (Å²) in [5.74, 6) is -1.77. The molecule has 9 nitrogen and oxygen atoms in total. The zero-order valence-electron chi connectivity index (χ0n) is 13.2. The zero-order valence-corrected chi connectivity index (χ0v) is 13.2. The van der Waals surface area contributed by atoms with Crippen LogP contribution in [0.3, 0.4) is 0 Å². The highest BCUT2D eigenvalue weighted by Gasteiger charge is 2.20. The molecule has 0 aliphatic carbocycles. The van der Waals surface area contributed by atoms with E-state index < -0.39 is 24.0 Å². The van der Waals surface area contributed by atoms with Crippen molar-refractivity contribution in [1.82, 2.24) is 15.8 Å². The second-order valence-corrected chi connectivity index (χ2v) is 5.17. The molecule has 2 amide bonds. The van der Waals surface area contributed by atoms with Crippen molar-refractivity contribution in [2.45, 2.75) is 44.7 Å². The van der Waals surface area contributed by atoms with Gasteiger partial charge in [-0.15, -0.1) is 0 Å². The summed E-state index contributed by atoms with van der Waals surface area (Å²) >= 11 is 0. The molecule has 0 saturated carbocycles. The average molecular weight is 317 g/mol. The van der Waals surface area contributed by atoms with Gasteiger partial charge in [-0.1, -0.05) is 13.3 Å². The summed E-state index contributed by atoms with van der Waals surface area (Å²) in [4.78, 5) is 34.2. The van der Waals surface area contributed by atoms with Crippen LogP contribution in [0.2, 0.25) is 0 Å². The Bertz CT molecular complexity index is 377. The summed E-state index contributed by atoms with van der Waals surface area (Å²) < 4.78 is 0. The van der Waals surface area contributed by atoms with Crippen LogP contribution in [0.5, 0.6) is 0 Å². The molecule has 0 aliphatic rings. The summed E-state index contributed by atoms with van der Waals surface area (Å²) in [5.41, 5.74) is 13.6. The minimum Gasteiger partial charge on any atom is -0.480 e. The Morgan fingerprint density at radius 1 is 1.27 bits per heavy atom. The molecule has 7 N–H and O–H groups in total. The third-order valence-electron chi connectivity index (χ3n) is 2.92. The minimum atomic E-state index is -1.06. The quantitative estimate of drug-likeness (QED) is 0.287. The molecule has 0 aliphatic heterocycles. The van der Waals surface area contributed by atoms with Gasteiger partial charge in [0.15, 0.2) is 0 Å². The van der Waals surface area contributed by atoms with Crippen LogP contribution in [-0.4, -0.2) is 60.1 Å². The number of carboxylic acids is 1. The maximum absolute atomic E-state index is 11.9. The topological polar surface area (TPSA) is 151 Å². The lowest BCUT2D eigenvalue weighted by Gasteiger charge is -2.22. The van der Waals surface area contributed by atoms with Crippen LogP contribution in [0, 0.1) is 0 Å². The van der Waals surface area contributed by atoms with Gasteiger partial charge in [0.1, 0.15) is 6.54 Å². The van der Waals surface area contributed by atoms with E-state index in [2.05, 4.69) is 10.7 Å². The number of carbonyl (C=O) groups is 3. The highest BCUT2D eigenvalue weighted by molar-refractivity contribution is 5.83. The Labute approximate surface area is 130 Å². The Morgan fingerprint density at radius 3 is 2.41 bits per heavy atom. The Kier molecular flexibility index (Phi) is 10.1. The standard InChI is InChI=1S/C13H27N5O4/c1-3-4-10(15)13(22)16-9(5-6-14)7-11(19)17-18(2)8-12(20)21/h9-10H,3-8,14-15H2,1-2H3,(H,16,22)(H,17,19)(H,20,21)/t9-,10-/m0/s1. The lowest BCUT2D eigenvalue weighted by molar-refractivity contribution is -0.139. The van der Waals surface area contributed by atoms with Gasteiger partial charge in [-0.3, -0.25) is 19.8 Å². The lowest BCUT2D eigenvalue weighted by Crippen LogP contribution is -2.49. The number of hydrazine groups is 1. The van der Waals surface area contributed by atoms with Gasteiger partial charge in [-0.25, -0.2) is 5.01 Å². The largest absolute Gasteiger partial charge is 0.480 e. The molecule has 128 valence electrons. The molecule has 0 aromatic rings. The number of nitrogens with one attached hydrogen (secondary N) is 2. The first-order valence-corrected chi connectivity index (χ1v) is 7.28. The Hall–Kier alpha value is -1.71. The molecular weight excluding hydrogens is 290 g/mol. The van der Waals surface area contributed by atoms with E-state index in [1.54, 1.807) is 0 Å². The van der Waals surface area contributed by atoms with Gasteiger partial charge < -0.3 is 21.9 Å². The number of carboxylic acid groups (broad SMARTS) is 1. The summed E-state index contributed by atoms with van der Waals surface area (Å²) in [5, 5.41) is 12.5. The SMILES string of the molecule is CCC[C@H](N)C(=O)N[C@@H](CCN)CC(=O)NN(C)CC(=O)O. The van der Waals surface area contributed by atoms with E-state index >= 15 is 0 Å². The highest BCUT2D eigenvalue weighted by Crippen LogP contribution is 2.01. The smallest absolute Gasteiger partial charge is 0.319 e. The summed E-state index contributed by atoms with van der Waals surface area (Å²) in [6.45, 7) is 1.92. The minimum absolute atomic E-state index is 0.00570. The number of nitrogens with zero attached hydrogens (tertiary/aromatic N) is 1. The van der Waals surface area contributed by atoms with E-state index in [9.17, 15) is 14.4 Å². The molecule has 0 unspecified atom stereocenters. The number of carbonyl (C=O) groups excluding carboxylic acids is 2. The first-order valence-electron chi connectivity index (χ1n) is 7.28. The first kappa shape index (κ1) is 20.3. The highest BCUT2D eigenvalue weighted by atomic mass is 16.4. The number of likely N-dealkylation sites (N-methyl/N-ethyl adjacent to an activating group) is 1. The fraction of sp³-hybridized carbons (Fsp3) is 0.769. The summed E-state index contributed by atoms with van der Waals surface area (Å²) in [6.07, 6.45) is 1.79. The monoisotopic (exact) mass is 317 g/mol. The van der Waals surface area contributed by atoms with Gasteiger partial charge in [0.2, 0.25) is 11.8 Å². The molecule has 0 spiro atoms. The maximum Gasteiger partial charge on any atom is 0.319 e.